The van der Waals surface area contributed by atoms with Crippen LogP contribution in [0.15, 0.2) is 97.1 Å². The Labute approximate surface area is 216 Å². The molecule has 36 heavy (non-hydrogen) atoms. The number of hydrogen-bond acceptors (Lipinski definition) is 4. The molecule has 4 aromatic carbocycles. The van der Waals surface area contributed by atoms with Gasteiger partial charge in [-0.15, -0.1) is 0 Å². The van der Waals surface area contributed by atoms with Crippen LogP contribution in [0, 0.1) is 0 Å². The molecule has 0 aromatic heterocycles. The highest BCUT2D eigenvalue weighted by Crippen LogP contribution is 2.35. The molecule has 0 aliphatic carbocycles. The third kappa shape index (κ3) is 9.38. The number of esters is 2. The molecule has 4 heteroatoms. The Bertz CT molecular complexity index is 1050. The molecule has 192 valence electrons. The van der Waals surface area contributed by atoms with Crippen LogP contribution in [0.2, 0.25) is 0 Å². The largest absolute Gasteiger partial charge is 0.422 e. The van der Waals surface area contributed by atoms with E-state index in [1.54, 1.807) is 72.8 Å². The van der Waals surface area contributed by atoms with E-state index < -0.39 is 11.9 Å². The summed E-state index contributed by atoms with van der Waals surface area (Å²) in [6.45, 7) is 16.0. The first kappa shape index (κ1) is 32.1. The first-order valence-corrected chi connectivity index (χ1v) is 12.8. The van der Waals surface area contributed by atoms with Gasteiger partial charge in [0.05, 0.1) is 16.5 Å². The van der Waals surface area contributed by atoms with Crippen molar-refractivity contribution in [3.8, 4) is 11.5 Å². The summed E-state index contributed by atoms with van der Waals surface area (Å²) in [5, 5.41) is 1.37. The maximum atomic E-state index is 12.5. The number of ether oxygens (including phenoxy) is 2. The number of carbonyl (C=O) groups is 2. The molecule has 4 rings (SSSR count). The lowest BCUT2D eigenvalue weighted by Gasteiger charge is -2.12. The van der Waals surface area contributed by atoms with Crippen molar-refractivity contribution in [3.05, 3.63) is 108 Å². The predicted octanol–water partition coefficient (Wildman–Crippen LogP) is 9.38. The highest BCUT2D eigenvalue weighted by molar-refractivity contribution is 6.00. The summed E-state index contributed by atoms with van der Waals surface area (Å²) >= 11 is 0. The molecule has 0 aliphatic rings. The van der Waals surface area contributed by atoms with E-state index in [9.17, 15) is 9.59 Å². The first-order valence-electron chi connectivity index (χ1n) is 12.8. The highest BCUT2D eigenvalue weighted by Gasteiger charge is 2.16. The molecule has 0 spiro atoms. The first-order chi connectivity index (χ1) is 17.7. The molecule has 0 atom stereocenters. The zero-order valence-electron chi connectivity index (χ0n) is 22.9. The Hall–Kier alpha value is -3.92. The molecule has 0 saturated heterocycles. The van der Waals surface area contributed by atoms with E-state index >= 15 is 0 Å². The molecule has 0 aliphatic heterocycles. The minimum atomic E-state index is -0.475. The van der Waals surface area contributed by atoms with E-state index in [-0.39, 0.29) is 0 Å². The van der Waals surface area contributed by atoms with Crippen molar-refractivity contribution in [1.82, 2.24) is 0 Å². The third-order valence-corrected chi connectivity index (χ3v) is 4.25. The van der Waals surface area contributed by atoms with Gasteiger partial charge in [0.25, 0.3) is 0 Å². The van der Waals surface area contributed by atoms with E-state index in [0.29, 0.717) is 28.0 Å². The average Bonchev–Trinajstić information content (AvgIpc) is 2.98. The molecule has 0 heterocycles. The monoisotopic (exact) mass is 488 g/mol. The van der Waals surface area contributed by atoms with Gasteiger partial charge in [0.15, 0.2) is 0 Å². The number of fused-ring (bicyclic) bond motifs is 1. The van der Waals surface area contributed by atoms with Gasteiger partial charge in [0.2, 0.25) is 0 Å². The van der Waals surface area contributed by atoms with E-state index in [2.05, 4.69) is 0 Å². The highest BCUT2D eigenvalue weighted by atomic mass is 16.5. The Morgan fingerprint density at radius 2 is 0.778 bits per heavy atom. The van der Waals surface area contributed by atoms with Crippen molar-refractivity contribution in [2.24, 2.45) is 0 Å². The van der Waals surface area contributed by atoms with Gasteiger partial charge < -0.3 is 9.47 Å². The minimum Gasteiger partial charge on any atom is -0.422 e. The second-order valence-electron chi connectivity index (χ2n) is 6.12. The van der Waals surface area contributed by atoms with Gasteiger partial charge in [-0.05, 0) is 41.8 Å². The molecular weight excluding hydrogens is 448 g/mol. The van der Waals surface area contributed by atoms with Crippen LogP contribution in [0.25, 0.3) is 10.8 Å². The summed E-state index contributed by atoms with van der Waals surface area (Å²) in [5.41, 5.74) is 0.886. The summed E-state index contributed by atoms with van der Waals surface area (Å²) in [6, 6.07) is 28.2. The van der Waals surface area contributed by atoms with Crippen LogP contribution in [-0.2, 0) is 0 Å². The Kier molecular flexibility index (Phi) is 17.3. The van der Waals surface area contributed by atoms with Gasteiger partial charge in [-0.25, -0.2) is 9.59 Å². The summed E-state index contributed by atoms with van der Waals surface area (Å²) in [6.07, 6.45) is 0. The lowest BCUT2D eigenvalue weighted by Crippen LogP contribution is -2.10. The third-order valence-electron chi connectivity index (χ3n) is 4.25. The molecule has 0 fully saturated rings. The van der Waals surface area contributed by atoms with Crippen molar-refractivity contribution in [1.29, 1.82) is 0 Å². The van der Waals surface area contributed by atoms with E-state index in [4.69, 9.17) is 9.47 Å². The zero-order valence-corrected chi connectivity index (χ0v) is 22.9. The van der Waals surface area contributed by atoms with Gasteiger partial charge in [0, 0.05) is 0 Å². The normalized spacial score (nSPS) is 8.78. The molecule has 0 radical (unpaired) electrons. The van der Waals surface area contributed by atoms with Gasteiger partial charge in [-0.3, -0.25) is 0 Å². The number of carbonyl (C=O) groups excluding carboxylic acids is 2. The lowest BCUT2D eigenvalue weighted by molar-refractivity contribution is 0.0736. The fraction of sp³-hybridized carbons (Fsp3) is 0.250. The van der Waals surface area contributed by atoms with Crippen LogP contribution in [-0.4, -0.2) is 11.9 Å². The quantitative estimate of drug-likeness (QED) is 0.212. The molecule has 0 unspecified atom stereocenters. The molecule has 0 amide bonds. The second-order valence-corrected chi connectivity index (χ2v) is 6.12. The number of benzene rings is 4. The maximum absolute atomic E-state index is 12.5. The smallest absolute Gasteiger partial charge is 0.343 e. The van der Waals surface area contributed by atoms with Crippen LogP contribution < -0.4 is 9.47 Å². The van der Waals surface area contributed by atoms with Crippen molar-refractivity contribution < 1.29 is 19.1 Å². The molecule has 0 saturated carbocycles. The molecule has 0 N–H and O–H groups in total. The molecule has 4 nitrogen and oxygen atoms in total. The van der Waals surface area contributed by atoms with Gasteiger partial charge in [0.1, 0.15) is 11.5 Å². The van der Waals surface area contributed by atoms with E-state index in [1.165, 1.54) is 0 Å². The fourth-order valence-electron chi connectivity index (χ4n) is 2.91. The van der Waals surface area contributed by atoms with E-state index in [0.717, 1.165) is 5.39 Å². The summed E-state index contributed by atoms with van der Waals surface area (Å²) in [7, 11) is 0. The second kappa shape index (κ2) is 19.4. The minimum absolute atomic E-state index is 0.336. The van der Waals surface area contributed by atoms with Crippen molar-refractivity contribution >= 4 is 22.7 Å². The average molecular weight is 489 g/mol. The predicted molar refractivity (Wildman–Crippen MR) is 152 cm³/mol. The summed E-state index contributed by atoms with van der Waals surface area (Å²) in [5.74, 6) is -0.278. The standard InChI is InChI=1S/C24H16O4.4C2H6/c25-23(18-9-3-1-4-10-18)27-20-15-7-13-17-14-8-16-21(22(17)20)28-24(26)19-11-5-2-6-12-19;4*1-2/h1-16H;4*1-2H3. The van der Waals surface area contributed by atoms with Crippen LogP contribution in [0.3, 0.4) is 0 Å². The Balaban J connectivity index is 0.00000140. The number of rotatable bonds is 4. The van der Waals surface area contributed by atoms with Crippen molar-refractivity contribution in [2.75, 3.05) is 0 Å². The Morgan fingerprint density at radius 3 is 1.11 bits per heavy atom. The SMILES string of the molecule is CC.CC.CC.CC.O=C(Oc1cccc2cccc(OC(=O)c3ccccc3)c12)c1ccccc1. The molecule has 4 aromatic rings. The Morgan fingerprint density at radius 1 is 0.444 bits per heavy atom. The zero-order chi connectivity index (χ0) is 27.3. The fourth-order valence-corrected chi connectivity index (χ4v) is 2.91. The van der Waals surface area contributed by atoms with Crippen LogP contribution in [0.5, 0.6) is 11.5 Å². The van der Waals surface area contributed by atoms with Crippen molar-refractivity contribution in [3.63, 3.8) is 0 Å². The van der Waals surface area contributed by atoms with Gasteiger partial charge >= 0.3 is 11.9 Å². The van der Waals surface area contributed by atoms with Crippen LogP contribution >= 0.6 is 0 Å². The van der Waals surface area contributed by atoms with Gasteiger partial charge in [-0.2, -0.15) is 0 Å². The van der Waals surface area contributed by atoms with E-state index in [1.807, 2.05) is 79.7 Å². The molecular formula is C32H40O4. The molecule has 0 bridgehead atoms. The van der Waals surface area contributed by atoms with Gasteiger partial charge in [-0.1, -0.05) is 116 Å². The van der Waals surface area contributed by atoms with Crippen LogP contribution in [0.1, 0.15) is 76.1 Å². The maximum Gasteiger partial charge on any atom is 0.343 e. The summed E-state index contributed by atoms with van der Waals surface area (Å²) < 4.78 is 11.2. The van der Waals surface area contributed by atoms with Crippen molar-refractivity contribution in [2.45, 2.75) is 55.4 Å². The van der Waals surface area contributed by atoms with Crippen LogP contribution in [0.4, 0.5) is 0 Å². The topological polar surface area (TPSA) is 52.6 Å². The number of hydrogen-bond donors (Lipinski definition) is 0. The lowest BCUT2D eigenvalue weighted by atomic mass is 10.1. The summed E-state index contributed by atoms with van der Waals surface area (Å²) in [4.78, 5) is 25.0.